The number of halogens is 2. The lowest BCUT2D eigenvalue weighted by Gasteiger charge is -2.23. The third-order valence-electron chi connectivity index (χ3n) is 5.46. The maximum atomic E-state index is 13.1. The third kappa shape index (κ3) is 8.78. The molecule has 2 atom stereocenters. The van der Waals surface area contributed by atoms with E-state index in [9.17, 15) is 33.9 Å². The van der Waals surface area contributed by atoms with E-state index < -0.39 is 41.9 Å². The Morgan fingerprint density at radius 3 is 1.60 bits per heavy atom. The number of esters is 2. The number of ether oxygens (including phenoxy) is 2. The summed E-state index contributed by atoms with van der Waals surface area (Å²) in [5.41, 5.74) is 4.36. The zero-order valence-corrected chi connectivity index (χ0v) is 23.3. The second kappa shape index (κ2) is 14.6. The van der Waals surface area contributed by atoms with Crippen molar-refractivity contribution in [1.29, 1.82) is 0 Å². The zero-order chi connectivity index (χ0) is 30.8. The quantitative estimate of drug-likeness (QED) is 0.196. The van der Waals surface area contributed by atoms with Gasteiger partial charge in [0.2, 0.25) is 18.1 Å². The van der Waals surface area contributed by atoms with Gasteiger partial charge in [-0.05, 0) is 72.8 Å². The van der Waals surface area contributed by atoms with Gasteiger partial charge in [-0.3, -0.25) is 25.2 Å². The fourth-order valence-electron chi connectivity index (χ4n) is 3.25. The van der Waals surface area contributed by atoms with E-state index in [0.717, 1.165) is 0 Å². The normalized spacial score (nSPS) is 11.8. The lowest BCUT2D eigenvalue weighted by Crippen LogP contribution is -2.54. The first kappa shape index (κ1) is 31.6. The van der Waals surface area contributed by atoms with Crippen LogP contribution in [0.1, 0.15) is 44.4 Å². The molecule has 3 aromatic rings. The standard InChI is InChI=1S/C28H23Cl2N3O9/c1-2-21(34)31-20-13-7-15(8-14-20)24(35)32-33-25(36)22(41-27(39)16-3-9-18(29)10-4-16)23(26(37)38)42-28(40)17-5-11-19(30)12-6-17/h3-14,22-23H,2H2,1H3,(H,31,34)(H,32,35)(H,33,36)(H,37,38)/t22-,23+/m0/s1. The molecule has 0 saturated heterocycles. The van der Waals surface area contributed by atoms with Crippen molar-refractivity contribution in [2.24, 2.45) is 0 Å². The average Bonchev–Trinajstić information content (AvgIpc) is 2.98. The molecule has 0 aliphatic rings. The molecule has 0 radical (unpaired) electrons. The van der Waals surface area contributed by atoms with Gasteiger partial charge in [0.15, 0.2) is 0 Å². The predicted molar refractivity (Wildman–Crippen MR) is 150 cm³/mol. The van der Waals surface area contributed by atoms with Gasteiger partial charge in [-0.1, -0.05) is 30.1 Å². The molecular weight excluding hydrogens is 593 g/mol. The molecule has 0 aliphatic heterocycles. The highest BCUT2D eigenvalue weighted by Crippen LogP contribution is 2.17. The summed E-state index contributed by atoms with van der Waals surface area (Å²) in [4.78, 5) is 74.7. The molecule has 3 rings (SSSR count). The van der Waals surface area contributed by atoms with E-state index in [1.54, 1.807) is 6.92 Å². The van der Waals surface area contributed by atoms with Crippen molar-refractivity contribution in [2.75, 3.05) is 5.32 Å². The number of carboxylic acids is 1. The van der Waals surface area contributed by atoms with E-state index in [0.29, 0.717) is 15.7 Å². The molecule has 3 amide bonds. The van der Waals surface area contributed by atoms with Crippen molar-refractivity contribution in [1.82, 2.24) is 10.9 Å². The van der Waals surface area contributed by atoms with Gasteiger partial charge in [0, 0.05) is 27.7 Å². The summed E-state index contributed by atoms with van der Waals surface area (Å²) in [6, 6.07) is 16.1. The van der Waals surface area contributed by atoms with Gasteiger partial charge in [0.1, 0.15) is 0 Å². The minimum absolute atomic E-state index is 0.0588. The summed E-state index contributed by atoms with van der Waals surface area (Å²) >= 11 is 11.6. The van der Waals surface area contributed by atoms with Crippen molar-refractivity contribution < 1.29 is 43.3 Å². The number of carbonyl (C=O) groups is 6. The number of nitrogens with one attached hydrogen (secondary N) is 3. The first-order valence-corrected chi connectivity index (χ1v) is 12.9. The van der Waals surface area contributed by atoms with Gasteiger partial charge < -0.3 is 19.9 Å². The van der Waals surface area contributed by atoms with Gasteiger partial charge >= 0.3 is 17.9 Å². The fourth-order valence-corrected chi connectivity index (χ4v) is 3.50. The van der Waals surface area contributed by atoms with Gasteiger partial charge in [-0.25, -0.2) is 14.4 Å². The molecule has 0 aliphatic carbocycles. The number of rotatable bonds is 10. The van der Waals surface area contributed by atoms with Crippen LogP contribution in [-0.4, -0.2) is 52.9 Å². The number of amides is 3. The molecule has 14 heteroatoms. The number of hydrazine groups is 1. The summed E-state index contributed by atoms with van der Waals surface area (Å²) < 4.78 is 10.2. The SMILES string of the molecule is CCC(=O)Nc1ccc(C(=O)NNC(=O)[C@@H](OC(=O)c2ccc(Cl)cc2)[C@@H](OC(=O)c2ccc(Cl)cc2)C(=O)O)cc1. The Bertz CT molecular complexity index is 1480. The molecule has 42 heavy (non-hydrogen) atoms. The van der Waals surface area contributed by atoms with Crippen LogP contribution in [0.3, 0.4) is 0 Å². The molecule has 0 aromatic heterocycles. The average molecular weight is 616 g/mol. The Morgan fingerprint density at radius 2 is 1.14 bits per heavy atom. The lowest BCUT2D eigenvalue weighted by atomic mass is 10.1. The molecule has 3 aromatic carbocycles. The van der Waals surface area contributed by atoms with Crippen LogP contribution in [0.15, 0.2) is 72.8 Å². The van der Waals surface area contributed by atoms with Crippen LogP contribution in [-0.2, 0) is 23.9 Å². The maximum Gasteiger partial charge on any atom is 0.349 e. The van der Waals surface area contributed by atoms with E-state index >= 15 is 0 Å². The second-order valence-electron chi connectivity index (χ2n) is 8.43. The van der Waals surface area contributed by atoms with E-state index in [1.165, 1.54) is 72.8 Å². The van der Waals surface area contributed by atoms with E-state index in [4.69, 9.17) is 32.7 Å². The van der Waals surface area contributed by atoms with Crippen molar-refractivity contribution in [3.05, 3.63) is 99.5 Å². The summed E-state index contributed by atoms with van der Waals surface area (Å²) in [6.45, 7) is 1.67. The van der Waals surface area contributed by atoms with Crippen LogP contribution in [0.5, 0.6) is 0 Å². The third-order valence-corrected chi connectivity index (χ3v) is 5.96. The smallest absolute Gasteiger partial charge is 0.349 e. The molecule has 0 saturated carbocycles. The van der Waals surface area contributed by atoms with Crippen molar-refractivity contribution in [3.8, 4) is 0 Å². The highest BCUT2D eigenvalue weighted by Gasteiger charge is 2.41. The number of carbonyl (C=O) groups excluding carboxylic acids is 5. The molecule has 12 nitrogen and oxygen atoms in total. The minimum Gasteiger partial charge on any atom is -0.478 e. The summed E-state index contributed by atoms with van der Waals surface area (Å²) in [5.74, 6) is -6.51. The second-order valence-corrected chi connectivity index (χ2v) is 9.30. The number of anilines is 1. The minimum atomic E-state index is -2.33. The molecule has 4 N–H and O–H groups in total. The Morgan fingerprint density at radius 1 is 0.690 bits per heavy atom. The molecule has 0 heterocycles. The zero-order valence-electron chi connectivity index (χ0n) is 21.8. The number of hydrogen-bond acceptors (Lipinski definition) is 8. The van der Waals surface area contributed by atoms with Crippen LogP contribution in [0.2, 0.25) is 10.0 Å². The summed E-state index contributed by atoms with van der Waals surface area (Å²) in [5, 5.41) is 13.0. The Kier molecular flexibility index (Phi) is 11.0. The monoisotopic (exact) mass is 615 g/mol. The van der Waals surface area contributed by atoms with E-state index in [1.807, 2.05) is 5.43 Å². The summed E-state index contributed by atoms with van der Waals surface area (Å²) in [6.07, 6.45) is -4.33. The van der Waals surface area contributed by atoms with Gasteiger partial charge in [-0.2, -0.15) is 0 Å². The number of carboxylic acid groups (broad SMARTS) is 1. The van der Waals surface area contributed by atoms with Gasteiger partial charge in [-0.15, -0.1) is 0 Å². The van der Waals surface area contributed by atoms with Crippen LogP contribution in [0.4, 0.5) is 5.69 Å². The molecule has 0 fully saturated rings. The first-order chi connectivity index (χ1) is 20.0. The highest BCUT2D eigenvalue weighted by molar-refractivity contribution is 6.31. The number of aliphatic carboxylic acids is 1. The van der Waals surface area contributed by atoms with Gasteiger partial charge in [0.05, 0.1) is 11.1 Å². The molecule has 0 bridgehead atoms. The van der Waals surface area contributed by atoms with Gasteiger partial charge in [0.25, 0.3) is 11.8 Å². The maximum absolute atomic E-state index is 13.1. The molecular formula is C28H23Cl2N3O9. The largest absolute Gasteiger partial charge is 0.478 e. The topological polar surface area (TPSA) is 177 Å². The van der Waals surface area contributed by atoms with E-state index in [2.05, 4.69) is 10.7 Å². The van der Waals surface area contributed by atoms with Crippen LogP contribution >= 0.6 is 23.2 Å². The van der Waals surface area contributed by atoms with Crippen molar-refractivity contribution >= 4 is 64.5 Å². The summed E-state index contributed by atoms with van der Waals surface area (Å²) in [7, 11) is 0. The Hall–Kier alpha value is -4.94. The van der Waals surface area contributed by atoms with Crippen molar-refractivity contribution in [3.63, 3.8) is 0 Å². The van der Waals surface area contributed by atoms with Crippen molar-refractivity contribution in [2.45, 2.75) is 25.6 Å². The van der Waals surface area contributed by atoms with Crippen LogP contribution in [0, 0.1) is 0 Å². The predicted octanol–water partition coefficient (Wildman–Crippen LogP) is 3.64. The van der Waals surface area contributed by atoms with E-state index in [-0.39, 0.29) is 29.0 Å². The molecule has 0 spiro atoms. The Balaban J connectivity index is 1.80. The number of hydrogen-bond donors (Lipinski definition) is 4. The Labute approximate surface area is 248 Å². The first-order valence-electron chi connectivity index (χ1n) is 12.1. The highest BCUT2D eigenvalue weighted by atomic mass is 35.5. The van der Waals surface area contributed by atoms with Crippen LogP contribution < -0.4 is 16.2 Å². The van der Waals surface area contributed by atoms with Crippen LogP contribution in [0.25, 0.3) is 0 Å². The molecule has 0 unspecified atom stereocenters. The lowest BCUT2D eigenvalue weighted by molar-refractivity contribution is -0.159. The number of benzene rings is 3. The fraction of sp³-hybridized carbons (Fsp3) is 0.143. The molecule has 218 valence electrons.